The van der Waals surface area contributed by atoms with Crippen molar-refractivity contribution in [3.05, 3.63) is 24.3 Å². The molecule has 0 radical (unpaired) electrons. The first kappa shape index (κ1) is 10.9. The minimum Gasteiger partial charge on any atom is -0.459 e. The van der Waals surface area contributed by atoms with E-state index in [-0.39, 0.29) is 6.10 Å². The number of rotatable bonds is 0. The molecule has 3 atom stereocenters. The van der Waals surface area contributed by atoms with Gasteiger partial charge in [-0.15, -0.1) is 0 Å². The van der Waals surface area contributed by atoms with Crippen molar-refractivity contribution in [2.24, 2.45) is 0 Å². The van der Waals surface area contributed by atoms with Gasteiger partial charge in [0.2, 0.25) is 0 Å². The second kappa shape index (κ2) is 4.93. The highest BCUT2D eigenvalue weighted by molar-refractivity contribution is 5.82. The summed E-state index contributed by atoms with van der Waals surface area (Å²) in [6.45, 7) is 1.71. The van der Waals surface area contributed by atoms with Crippen LogP contribution in [0.4, 0.5) is 0 Å². The van der Waals surface area contributed by atoms with Crippen molar-refractivity contribution in [2.45, 2.75) is 31.7 Å². The predicted octanol–water partition coefficient (Wildman–Crippen LogP) is 0.156. The topological polar surface area (TPSA) is 66.8 Å². The van der Waals surface area contributed by atoms with Gasteiger partial charge in [-0.05, 0) is 13.0 Å². The summed E-state index contributed by atoms with van der Waals surface area (Å²) in [6, 6.07) is 0. The highest BCUT2D eigenvalue weighted by Crippen LogP contribution is 2.07. The molecule has 0 aromatic heterocycles. The van der Waals surface area contributed by atoms with E-state index in [1.54, 1.807) is 6.92 Å². The van der Waals surface area contributed by atoms with Crippen molar-refractivity contribution < 1.29 is 19.7 Å². The van der Waals surface area contributed by atoms with Crippen molar-refractivity contribution in [3.63, 3.8) is 0 Å². The van der Waals surface area contributed by atoms with E-state index in [9.17, 15) is 15.0 Å². The van der Waals surface area contributed by atoms with Crippen LogP contribution in [0.2, 0.25) is 0 Å². The number of aliphatic hydroxyl groups excluding tert-OH is 2. The van der Waals surface area contributed by atoms with Gasteiger partial charge in [0.05, 0.1) is 12.2 Å². The van der Waals surface area contributed by atoms with Gasteiger partial charge in [0.15, 0.2) is 0 Å². The van der Waals surface area contributed by atoms with E-state index in [4.69, 9.17) is 4.74 Å². The summed E-state index contributed by atoms with van der Waals surface area (Å²) < 4.78 is 4.91. The van der Waals surface area contributed by atoms with Crippen LogP contribution in [0, 0.1) is 0 Å². The van der Waals surface area contributed by atoms with Gasteiger partial charge in [0.25, 0.3) is 0 Å². The molecule has 0 amide bonds. The van der Waals surface area contributed by atoms with Crippen molar-refractivity contribution in [3.8, 4) is 0 Å². The molecular formula is C10H14O4. The highest BCUT2D eigenvalue weighted by atomic mass is 16.5. The molecule has 0 unspecified atom stereocenters. The van der Waals surface area contributed by atoms with E-state index >= 15 is 0 Å². The summed E-state index contributed by atoms with van der Waals surface area (Å²) >= 11 is 0. The smallest absolute Gasteiger partial charge is 0.330 e. The maximum Gasteiger partial charge on any atom is 0.330 e. The van der Waals surface area contributed by atoms with E-state index in [0.717, 1.165) is 0 Å². The SMILES string of the molecule is C[C@@H]1C[C@H](O)/C=C/[C@@H](O)/C=C\C(=O)O1. The number of cyclic esters (lactones) is 1. The molecule has 0 spiro atoms. The molecule has 78 valence electrons. The molecular weight excluding hydrogens is 184 g/mol. The van der Waals surface area contributed by atoms with Crippen LogP contribution in [-0.2, 0) is 9.53 Å². The molecule has 14 heavy (non-hydrogen) atoms. The number of hydrogen-bond donors (Lipinski definition) is 2. The molecule has 0 bridgehead atoms. The summed E-state index contributed by atoms with van der Waals surface area (Å²) in [5.74, 6) is -0.501. The Kier molecular flexibility index (Phi) is 3.85. The minimum atomic E-state index is -0.856. The quantitative estimate of drug-likeness (QED) is 0.429. The van der Waals surface area contributed by atoms with Gasteiger partial charge in [0, 0.05) is 12.5 Å². The lowest BCUT2D eigenvalue weighted by atomic mass is 10.1. The first-order valence-corrected chi connectivity index (χ1v) is 4.51. The molecule has 1 rings (SSSR count). The Labute approximate surface area is 82.5 Å². The van der Waals surface area contributed by atoms with Gasteiger partial charge in [-0.3, -0.25) is 0 Å². The fraction of sp³-hybridized carbons (Fsp3) is 0.500. The Morgan fingerprint density at radius 1 is 1.36 bits per heavy atom. The third-order valence-electron chi connectivity index (χ3n) is 1.85. The van der Waals surface area contributed by atoms with Crippen LogP contribution in [0.25, 0.3) is 0 Å². The molecule has 1 aliphatic heterocycles. The van der Waals surface area contributed by atoms with Gasteiger partial charge < -0.3 is 14.9 Å². The lowest BCUT2D eigenvalue weighted by Crippen LogP contribution is -2.20. The molecule has 0 aromatic carbocycles. The molecule has 4 nitrogen and oxygen atoms in total. The Morgan fingerprint density at radius 2 is 2.07 bits per heavy atom. The molecule has 0 aliphatic carbocycles. The third-order valence-corrected chi connectivity index (χ3v) is 1.85. The monoisotopic (exact) mass is 198 g/mol. The summed E-state index contributed by atoms with van der Waals surface area (Å²) in [5.41, 5.74) is 0. The Hall–Kier alpha value is -1.13. The molecule has 0 aromatic rings. The summed E-state index contributed by atoms with van der Waals surface area (Å²) in [6.07, 6.45) is 3.87. The van der Waals surface area contributed by atoms with Crippen molar-refractivity contribution in [2.75, 3.05) is 0 Å². The average Bonchev–Trinajstić information content (AvgIpc) is 2.10. The van der Waals surface area contributed by atoms with Crippen LogP contribution in [0.15, 0.2) is 24.3 Å². The highest BCUT2D eigenvalue weighted by Gasteiger charge is 2.12. The minimum absolute atomic E-state index is 0.331. The van der Waals surface area contributed by atoms with Crippen molar-refractivity contribution >= 4 is 5.97 Å². The van der Waals surface area contributed by atoms with Gasteiger partial charge in [-0.1, -0.05) is 12.2 Å². The van der Waals surface area contributed by atoms with Gasteiger partial charge >= 0.3 is 5.97 Å². The summed E-state index contributed by atoms with van der Waals surface area (Å²) in [7, 11) is 0. The number of carbonyl (C=O) groups excluding carboxylic acids is 1. The molecule has 4 heteroatoms. The number of carbonyl (C=O) groups is 1. The maximum atomic E-state index is 11.0. The van der Waals surface area contributed by atoms with Crippen LogP contribution in [-0.4, -0.2) is 34.5 Å². The van der Waals surface area contributed by atoms with Gasteiger partial charge in [-0.25, -0.2) is 4.79 Å². The average molecular weight is 198 g/mol. The number of aliphatic hydroxyl groups is 2. The first-order chi connectivity index (χ1) is 6.58. The predicted molar refractivity (Wildman–Crippen MR) is 50.5 cm³/mol. The Bertz CT molecular complexity index is 257. The van der Waals surface area contributed by atoms with Crippen molar-refractivity contribution in [1.29, 1.82) is 0 Å². The van der Waals surface area contributed by atoms with Crippen LogP contribution in [0.3, 0.4) is 0 Å². The van der Waals surface area contributed by atoms with Crippen LogP contribution in [0.1, 0.15) is 13.3 Å². The fourth-order valence-electron chi connectivity index (χ4n) is 1.19. The Balaban J connectivity index is 2.72. The maximum absolute atomic E-state index is 11.0. The normalized spacial score (nSPS) is 38.5. The second-order valence-electron chi connectivity index (χ2n) is 3.29. The first-order valence-electron chi connectivity index (χ1n) is 4.51. The van der Waals surface area contributed by atoms with Crippen LogP contribution in [0.5, 0.6) is 0 Å². The number of ether oxygens (including phenoxy) is 1. The van der Waals surface area contributed by atoms with Gasteiger partial charge in [-0.2, -0.15) is 0 Å². The van der Waals surface area contributed by atoms with Crippen LogP contribution >= 0.6 is 0 Å². The largest absolute Gasteiger partial charge is 0.459 e. The number of esters is 1. The summed E-state index contributed by atoms with van der Waals surface area (Å²) in [4.78, 5) is 11.0. The molecule has 2 N–H and O–H groups in total. The Morgan fingerprint density at radius 3 is 2.79 bits per heavy atom. The zero-order valence-corrected chi connectivity index (χ0v) is 7.96. The van der Waals surface area contributed by atoms with Crippen molar-refractivity contribution in [1.82, 2.24) is 0 Å². The van der Waals surface area contributed by atoms with E-state index < -0.39 is 18.2 Å². The van der Waals surface area contributed by atoms with Gasteiger partial charge in [0.1, 0.15) is 6.10 Å². The lowest BCUT2D eigenvalue weighted by Gasteiger charge is -2.15. The summed E-state index contributed by atoms with van der Waals surface area (Å²) in [5, 5.41) is 18.6. The molecule has 0 saturated carbocycles. The van der Waals surface area contributed by atoms with E-state index in [1.165, 1.54) is 24.3 Å². The zero-order valence-electron chi connectivity index (χ0n) is 7.96. The standard InChI is InChI=1S/C10H14O4/c1-7-6-9(12)3-2-8(11)4-5-10(13)14-7/h2-5,7-9,11-12H,6H2,1H3/b3-2+,5-4-/t7-,8-,9-/m1/s1. The molecule has 1 heterocycles. The van der Waals surface area contributed by atoms with E-state index in [1.807, 2.05) is 0 Å². The zero-order chi connectivity index (χ0) is 10.6. The molecule has 0 fully saturated rings. The molecule has 0 saturated heterocycles. The lowest BCUT2D eigenvalue weighted by molar-refractivity contribution is -0.143. The third kappa shape index (κ3) is 3.72. The molecule has 1 aliphatic rings. The van der Waals surface area contributed by atoms with E-state index in [0.29, 0.717) is 6.42 Å². The van der Waals surface area contributed by atoms with Crippen LogP contribution < -0.4 is 0 Å². The second-order valence-corrected chi connectivity index (χ2v) is 3.29. The number of hydrogen-bond acceptors (Lipinski definition) is 4. The fourth-order valence-corrected chi connectivity index (χ4v) is 1.19. The van der Waals surface area contributed by atoms with E-state index in [2.05, 4.69) is 0 Å².